The number of unbranched alkanes of at least 4 members (excludes halogenated alkanes) is 2. The molecule has 0 bridgehead atoms. The minimum absolute atomic E-state index is 0.608. The van der Waals surface area contributed by atoms with Gasteiger partial charge in [-0.3, -0.25) is 0 Å². The van der Waals surface area contributed by atoms with Gasteiger partial charge >= 0.3 is 0 Å². The predicted molar refractivity (Wildman–Crippen MR) is 76.8 cm³/mol. The molecule has 0 radical (unpaired) electrons. The van der Waals surface area contributed by atoms with E-state index in [-0.39, 0.29) is 0 Å². The molecule has 3 nitrogen and oxygen atoms in total. The normalized spacial score (nSPS) is 11.7. The Bertz CT molecular complexity index is 320. The molecule has 1 heterocycles. The van der Waals surface area contributed by atoms with E-state index in [0.717, 1.165) is 25.4 Å². The van der Waals surface area contributed by atoms with Crippen molar-refractivity contribution in [3.63, 3.8) is 0 Å². The van der Waals surface area contributed by atoms with Gasteiger partial charge in [-0.05, 0) is 46.0 Å². The molecule has 1 aromatic heterocycles. The summed E-state index contributed by atoms with van der Waals surface area (Å²) in [6.07, 6.45) is 5.62. The Morgan fingerprint density at radius 1 is 1.28 bits per heavy atom. The van der Waals surface area contributed by atoms with Gasteiger partial charge in [-0.25, -0.2) is 0 Å². The van der Waals surface area contributed by atoms with E-state index >= 15 is 0 Å². The molecule has 0 saturated carbocycles. The van der Waals surface area contributed by atoms with Crippen LogP contribution in [0.15, 0.2) is 16.7 Å². The minimum atomic E-state index is 0.608. The fraction of sp³-hybridized carbons (Fsp3) is 0.733. The summed E-state index contributed by atoms with van der Waals surface area (Å²) in [4.78, 5) is 2.37. The second-order valence-electron chi connectivity index (χ2n) is 5.41. The van der Waals surface area contributed by atoms with Crippen LogP contribution in [0.1, 0.15) is 44.4 Å². The molecule has 0 atom stereocenters. The number of rotatable bonds is 9. The lowest BCUT2D eigenvalue weighted by molar-refractivity contribution is 0.314. The molecule has 0 aliphatic heterocycles. The summed E-state index contributed by atoms with van der Waals surface area (Å²) in [6, 6.07) is 2.68. The van der Waals surface area contributed by atoms with Gasteiger partial charge in [0.2, 0.25) is 0 Å². The van der Waals surface area contributed by atoms with Crippen molar-refractivity contribution in [3.05, 3.63) is 23.7 Å². The first-order valence-corrected chi connectivity index (χ1v) is 7.04. The van der Waals surface area contributed by atoms with Crippen molar-refractivity contribution >= 4 is 0 Å². The molecule has 0 fully saturated rings. The van der Waals surface area contributed by atoms with E-state index in [2.05, 4.69) is 37.2 Å². The van der Waals surface area contributed by atoms with Gasteiger partial charge in [0.05, 0.1) is 6.26 Å². The fourth-order valence-corrected chi connectivity index (χ4v) is 2.02. The smallest absolute Gasteiger partial charge is 0.105 e. The van der Waals surface area contributed by atoms with Crippen LogP contribution < -0.4 is 5.32 Å². The van der Waals surface area contributed by atoms with Gasteiger partial charge in [0.1, 0.15) is 5.76 Å². The lowest BCUT2D eigenvalue weighted by atomic mass is 10.2. The molecule has 0 aliphatic carbocycles. The molecule has 0 spiro atoms. The van der Waals surface area contributed by atoms with Crippen LogP contribution in [0.25, 0.3) is 0 Å². The highest BCUT2D eigenvalue weighted by Gasteiger charge is 2.04. The first kappa shape index (κ1) is 15.3. The highest BCUT2D eigenvalue weighted by atomic mass is 16.3. The van der Waals surface area contributed by atoms with Crippen LogP contribution in [0.5, 0.6) is 0 Å². The summed E-state index contributed by atoms with van der Waals surface area (Å²) in [6.45, 7) is 9.71. The van der Waals surface area contributed by atoms with Crippen LogP contribution in [0.4, 0.5) is 0 Å². The van der Waals surface area contributed by atoms with Gasteiger partial charge in [-0.15, -0.1) is 0 Å². The van der Waals surface area contributed by atoms with Crippen LogP contribution in [0.2, 0.25) is 0 Å². The average Bonchev–Trinajstić information content (AvgIpc) is 2.69. The third-order valence-corrected chi connectivity index (χ3v) is 3.18. The Hall–Kier alpha value is -0.800. The van der Waals surface area contributed by atoms with E-state index in [4.69, 9.17) is 4.42 Å². The topological polar surface area (TPSA) is 28.4 Å². The van der Waals surface area contributed by atoms with Gasteiger partial charge in [-0.1, -0.05) is 20.3 Å². The fourth-order valence-electron chi connectivity index (χ4n) is 2.02. The third kappa shape index (κ3) is 6.22. The molecule has 0 aromatic carbocycles. The first-order chi connectivity index (χ1) is 8.59. The van der Waals surface area contributed by atoms with Crippen LogP contribution in [-0.4, -0.2) is 31.1 Å². The van der Waals surface area contributed by atoms with Gasteiger partial charge in [-0.2, -0.15) is 0 Å². The van der Waals surface area contributed by atoms with Crippen molar-refractivity contribution in [1.29, 1.82) is 0 Å². The highest BCUT2D eigenvalue weighted by Crippen LogP contribution is 2.11. The predicted octanol–water partition coefficient (Wildman–Crippen LogP) is 3.19. The maximum absolute atomic E-state index is 5.31. The molecule has 0 amide bonds. The standard InChI is InChI=1S/C15H28N2O/c1-13(2)16-9-6-5-7-10-17(4)12-15-8-11-18-14(15)3/h8,11,13,16H,5-7,9-10,12H2,1-4H3. The summed E-state index contributed by atoms with van der Waals surface area (Å²) in [7, 11) is 2.18. The SMILES string of the molecule is Cc1occc1CN(C)CCCCCNC(C)C. The van der Waals surface area contributed by atoms with Crippen molar-refractivity contribution < 1.29 is 4.42 Å². The monoisotopic (exact) mass is 252 g/mol. The summed E-state index contributed by atoms with van der Waals surface area (Å²) < 4.78 is 5.31. The number of hydrogen-bond donors (Lipinski definition) is 1. The molecule has 0 unspecified atom stereocenters. The lowest BCUT2D eigenvalue weighted by Gasteiger charge is -2.16. The quantitative estimate of drug-likeness (QED) is 0.684. The van der Waals surface area contributed by atoms with Crippen LogP contribution in [0, 0.1) is 6.92 Å². The zero-order chi connectivity index (χ0) is 13.4. The molecule has 1 rings (SSSR count). The summed E-state index contributed by atoms with van der Waals surface area (Å²) in [5.74, 6) is 1.04. The number of nitrogens with zero attached hydrogens (tertiary/aromatic N) is 1. The van der Waals surface area contributed by atoms with Crippen LogP contribution >= 0.6 is 0 Å². The Kier molecular flexibility index (Phi) is 7.06. The highest BCUT2D eigenvalue weighted by molar-refractivity contribution is 5.14. The minimum Gasteiger partial charge on any atom is -0.469 e. The number of aryl methyl sites for hydroxylation is 1. The van der Waals surface area contributed by atoms with Crippen molar-refractivity contribution in [3.8, 4) is 0 Å². The van der Waals surface area contributed by atoms with Gasteiger partial charge < -0.3 is 14.6 Å². The van der Waals surface area contributed by atoms with Gasteiger partial charge in [0.25, 0.3) is 0 Å². The Morgan fingerprint density at radius 3 is 2.67 bits per heavy atom. The zero-order valence-electron chi connectivity index (χ0n) is 12.3. The van der Waals surface area contributed by atoms with Crippen LogP contribution in [0.3, 0.4) is 0 Å². The molecule has 104 valence electrons. The number of nitrogens with one attached hydrogen (secondary N) is 1. The van der Waals surface area contributed by atoms with E-state index in [9.17, 15) is 0 Å². The van der Waals surface area contributed by atoms with Crippen molar-refractivity contribution in [2.75, 3.05) is 20.1 Å². The second kappa shape index (κ2) is 8.33. The summed E-state index contributed by atoms with van der Waals surface area (Å²) in [5.41, 5.74) is 1.30. The van der Waals surface area contributed by atoms with Crippen molar-refractivity contribution in [2.45, 2.75) is 52.6 Å². The first-order valence-electron chi connectivity index (χ1n) is 7.04. The molecule has 0 aliphatic rings. The van der Waals surface area contributed by atoms with E-state index < -0.39 is 0 Å². The number of furan rings is 1. The van der Waals surface area contributed by atoms with E-state index in [0.29, 0.717) is 6.04 Å². The third-order valence-electron chi connectivity index (χ3n) is 3.18. The molecule has 1 N–H and O–H groups in total. The van der Waals surface area contributed by atoms with Gasteiger partial charge in [0.15, 0.2) is 0 Å². The number of hydrogen-bond acceptors (Lipinski definition) is 3. The average molecular weight is 252 g/mol. The Morgan fingerprint density at radius 2 is 2.06 bits per heavy atom. The van der Waals surface area contributed by atoms with E-state index in [1.54, 1.807) is 6.26 Å². The Labute approximate surface area is 112 Å². The largest absolute Gasteiger partial charge is 0.469 e. The molecule has 18 heavy (non-hydrogen) atoms. The summed E-state index contributed by atoms with van der Waals surface area (Å²) >= 11 is 0. The molecule has 3 heteroatoms. The second-order valence-corrected chi connectivity index (χ2v) is 5.41. The maximum atomic E-state index is 5.31. The zero-order valence-corrected chi connectivity index (χ0v) is 12.3. The maximum Gasteiger partial charge on any atom is 0.105 e. The van der Waals surface area contributed by atoms with E-state index in [1.807, 2.05) is 6.92 Å². The molecule has 1 aromatic rings. The summed E-state index contributed by atoms with van der Waals surface area (Å²) in [5, 5.41) is 3.45. The van der Waals surface area contributed by atoms with Gasteiger partial charge in [0, 0.05) is 18.2 Å². The van der Waals surface area contributed by atoms with Crippen LogP contribution in [-0.2, 0) is 6.54 Å². The van der Waals surface area contributed by atoms with E-state index in [1.165, 1.54) is 24.8 Å². The lowest BCUT2D eigenvalue weighted by Crippen LogP contribution is -2.24. The Balaban J connectivity index is 2.04. The van der Waals surface area contributed by atoms with Crippen molar-refractivity contribution in [2.24, 2.45) is 0 Å². The molecular formula is C15H28N2O. The molecule has 0 saturated heterocycles. The van der Waals surface area contributed by atoms with Crippen molar-refractivity contribution in [1.82, 2.24) is 10.2 Å². The molecular weight excluding hydrogens is 224 g/mol.